The second kappa shape index (κ2) is 5.79. The van der Waals surface area contributed by atoms with Crippen LogP contribution in [0.2, 0.25) is 0 Å². The number of halogens is 1. The summed E-state index contributed by atoms with van der Waals surface area (Å²) in [5, 5.41) is 3.36. The van der Waals surface area contributed by atoms with Gasteiger partial charge in [-0.25, -0.2) is 4.39 Å². The van der Waals surface area contributed by atoms with Crippen molar-refractivity contribution in [3.63, 3.8) is 0 Å². The van der Waals surface area contributed by atoms with E-state index in [-0.39, 0.29) is 11.7 Å². The summed E-state index contributed by atoms with van der Waals surface area (Å²) in [6.07, 6.45) is 0.379. The molecule has 0 radical (unpaired) electrons. The Morgan fingerprint density at radius 2 is 1.90 bits per heavy atom. The molecule has 0 aliphatic carbocycles. The monoisotopic (exact) mass is 278 g/mol. The molecular formula is C15H19FN2O2. The van der Waals surface area contributed by atoms with Gasteiger partial charge in [-0.05, 0) is 36.1 Å². The third kappa shape index (κ3) is 2.93. The number of rotatable bonds is 4. The summed E-state index contributed by atoms with van der Waals surface area (Å²) >= 11 is 0. The van der Waals surface area contributed by atoms with Gasteiger partial charge in [0.15, 0.2) is 0 Å². The molecule has 5 heteroatoms. The summed E-state index contributed by atoms with van der Waals surface area (Å²) < 4.78 is 18.2. The summed E-state index contributed by atoms with van der Waals surface area (Å²) in [7, 11) is 0. The molecule has 4 nitrogen and oxygen atoms in total. The van der Waals surface area contributed by atoms with Gasteiger partial charge in [-0.15, -0.1) is 0 Å². The van der Waals surface area contributed by atoms with Gasteiger partial charge in [0.05, 0.1) is 13.0 Å². The molecule has 0 aromatic heterocycles. The van der Waals surface area contributed by atoms with Crippen molar-refractivity contribution >= 4 is 5.91 Å². The Morgan fingerprint density at radius 1 is 1.25 bits per heavy atom. The van der Waals surface area contributed by atoms with Crippen LogP contribution in [0.3, 0.4) is 0 Å². The number of nitrogens with one attached hydrogen (secondary N) is 1. The lowest BCUT2D eigenvalue weighted by molar-refractivity contribution is -0.130. The molecule has 0 bridgehead atoms. The highest BCUT2D eigenvalue weighted by Crippen LogP contribution is 2.26. The van der Waals surface area contributed by atoms with Gasteiger partial charge >= 0.3 is 0 Å². The number of ether oxygens (including phenoxy) is 1. The Kier molecular flexibility index (Phi) is 3.87. The molecule has 2 saturated heterocycles. The van der Waals surface area contributed by atoms with E-state index in [0.717, 1.165) is 26.2 Å². The average Bonchev–Trinajstić information content (AvgIpc) is 3.02. The second-order valence-corrected chi connectivity index (χ2v) is 5.53. The maximum atomic E-state index is 12.7. The van der Waals surface area contributed by atoms with Crippen molar-refractivity contribution in [1.82, 2.24) is 10.2 Å². The van der Waals surface area contributed by atoms with E-state index in [2.05, 4.69) is 5.32 Å². The highest BCUT2D eigenvalue weighted by atomic mass is 19.1. The molecule has 1 N–H and O–H groups in total. The van der Waals surface area contributed by atoms with E-state index in [1.807, 2.05) is 4.90 Å². The van der Waals surface area contributed by atoms with E-state index in [0.29, 0.717) is 30.6 Å². The number of amides is 1. The number of hydrogen-bond acceptors (Lipinski definition) is 3. The summed E-state index contributed by atoms with van der Waals surface area (Å²) in [6, 6.07) is 5.86. The van der Waals surface area contributed by atoms with E-state index in [1.54, 1.807) is 12.1 Å². The van der Waals surface area contributed by atoms with Crippen LogP contribution in [0, 0.1) is 17.7 Å². The third-order valence-corrected chi connectivity index (χ3v) is 4.14. The standard InChI is InChI=1S/C15H19FN2O2/c16-13-1-3-14(4-2-13)20-6-5-15(19)18-9-11-7-17-8-12(11)10-18/h1-4,11-12,17H,5-10H2/t11-,12+. The number of fused-ring (bicyclic) bond motifs is 1. The number of benzene rings is 1. The number of carbonyl (C=O) groups excluding carboxylic acids is 1. The lowest BCUT2D eigenvalue weighted by Crippen LogP contribution is -2.32. The molecule has 2 atom stereocenters. The Morgan fingerprint density at radius 3 is 2.55 bits per heavy atom. The minimum Gasteiger partial charge on any atom is -0.493 e. The molecule has 1 aromatic rings. The quantitative estimate of drug-likeness (QED) is 0.902. The molecule has 0 spiro atoms. The van der Waals surface area contributed by atoms with Crippen molar-refractivity contribution < 1.29 is 13.9 Å². The predicted octanol–water partition coefficient (Wildman–Crippen LogP) is 1.27. The van der Waals surface area contributed by atoms with Gasteiger partial charge < -0.3 is 15.0 Å². The molecule has 2 heterocycles. The van der Waals surface area contributed by atoms with Crippen molar-refractivity contribution in [1.29, 1.82) is 0 Å². The van der Waals surface area contributed by atoms with Crippen LogP contribution in [0.25, 0.3) is 0 Å². The van der Waals surface area contributed by atoms with Crippen LogP contribution < -0.4 is 10.1 Å². The lowest BCUT2D eigenvalue weighted by atomic mass is 10.0. The number of carbonyl (C=O) groups is 1. The Balaban J connectivity index is 1.42. The first kappa shape index (κ1) is 13.4. The van der Waals surface area contributed by atoms with Crippen LogP contribution in [0.4, 0.5) is 4.39 Å². The van der Waals surface area contributed by atoms with Gasteiger partial charge in [-0.1, -0.05) is 0 Å². The van der Waals surface area contributed by atoms with Crippen LogP contribution in [0.5, 0.6) is 5.75 Å². The highest BCUT2D eigenvalue weighted by Gasteiger charge is 2.37. The second-order valence-electron chi connectivity index (χ2n) is 5.53. The minimum atomic E-state index is -0.286. The molecule has 3 rings (SSSR count). The molecule has 20 heavy (non-hydrogen) atoms. The Bertz CT molecular complexity index is 465. The lowest BCUT2D eigenvalue weighted by Gasteiger charge is -2.17. The van der Waals surface area contributed by atoms with Gasteiger partial charge in [0.1, 0.15) is 11.6 Å². The van der Waals surface area contributed by atoms with Gasteiger partial charge in [0.2, 0.25) is 5.91 Å². The van der Waals surface area contributed by atoms with Crippen molar-refractivity contribution in [2.45, 2.75) is 6.42 Å². The normalized spacial score (nSPS) is 24.8. The molecule has 2 aliphatic heterocycles. The van der Waals surface area contributed by atoms with E-state index in [4.69, 9.17) is 4.74 Å². The topological polar surface area (TPSA) is 41.6 Å². The summed E-state index contributed by atoms with van der Waals surface area (Å²) in [5.41, 5.74) is 0. The maximum absolute atomic E-state index is 12.7. The van der Waals surface area contributed by atoms with Crippen LogP contribution in [0.15, 0.2) is 24.3 Å². The molecule has 0 saturated carbocycles. The fourth-order valence-electron chi connectivity index (χ4n) is 3.00. The Labute approximate surface area is 117 Å². The van der Waals surface area contributed by atoms with Crippen molar-refractivity contribution in [2.75, 3.05) is 32.8 Å². The van der Waals surface area contributed by atoms with Crippen LogP contribution in [-0.2, 0) is 4.79 Å². The zero-order valence-corrected chi connectivity index (χ0v) is 11.3. The van der Waals surface area contributed by atoms with Crippen molar-refractivity contribution in [3.8, 4) is 5.75 Å². The third-order valence-electron chi connectivity index (χ3n) is 4.14. The number of nitrogens with zero attached hydrogens (tertiary/aromatic N) is 1. The van der Waals surface area contributed by atoms with Gasteiger partial charge in [0, 0.05) is 26.2 Å². The average molecular weight is 278 g/mol. The summed E-state index contributed by atoms with van der Waals surface area (Å²) in [5.74, 6) is 1.71. The molecule has 1 amide bonds. The van der Waals surface area contributed by atoms with Crippen LogP contribution in [-0.4, -0.2) is 43.6 Å². The molecule has 2 aliphatic rings. The molecular weight excluding hydrogens is 259 g/mol. The predicted molar refractivity (Wildman–Crippen MR) is 72.9 cm³/mol. The van der Waals surface area contributed by atoms with Gasteiger partial charge in [-0.2, -0.15) is 0 Å². The maximum Gasteiger partial charge on any atom is 0.226 e. The zero-order chi connectivity index (χ0) is 13.9. The SMILES string of the molecule is O=C(CCOc1ccc(F)cc1)N1C[C@H]2CNC[C@H]2C1. The minimum absolute atomic E-state index is 0.154. The molecule has 108 valence electrons. The van der Waals surface area contributed by atoms with E-state index in [9.17, 15) is 9.18 Å². The van der Waals surface area contributed by atoms with Crippen molar-refractivity contribution in [2.24, 2.45) is 11.8 Å². The van der Waals surface area contributed by atoms with Crippen molar-refractivity contribution in [3.05, 3.63) is 30.1 Å². The smallest absolute Gasteiger partial charge is 0.226 e. The van der Waals surface area contributed by atoms with E-state index < -0.39 is 0 Å². The first-order valence-electron chi connectivity index (χ1n) is 7.09. The Hall–Kier alpha value is -1.62. The van der Waals surface area contributed by atoms with Gasteiger partial charge in [-0.3, -0.25) is 4.79 Å². The first-order chi connectivity index (χ1) is 9.72. The number of hydrogen-bond donors (Lipinski definition) is 1. The van der Waals surface area contributed by atoms with Crippen LogP contribution >= 0.6 is 0 Å². The largest absolute Gasteiger partial charge is 0.493 e. The highest BCUT2D eigenvalue weighted by molar-refractivity contribution is 5.76. The van der Waals surface area contributed by atoms with Gasteiger partial charge in [0.25, 0.3) is 0 Å². The zero-order valence-electron chi connectivity index (χ0n) is 11.3. The summed E-state index contributed by atoms with van der Waals surface area (Å²) in [6.45, 7) is 4.13. The van der Waals surface area contributed by atoms with Crippen LogP contribution in [0.1, 0.15) is 6.42 Å². The van der Waals surface area contributed by atoms with E-state index >= 15 is 0 Å². The molecule has 2 fully saturated rings. The molecule has 1 aromatic carbocycles. The van der Waals surface area contributed by atoms with E-state index in [1.165, 1.54) is 12.1 Å². The summed E-state index contributed by atoms with van der Waals surface area (Å²) in [4.78, 5) is 14.0. The number of likely N-dealkylation sites (tertiary alicyclic amines) is 1. The fraction of sp³-hybridized carbons (Fsp3) is 0.533. The fourth-order valence-corrected chi connectivity index (χ4v) is 3.00. The molecule has 0 unspecified atom stereocenters. The first-order valence-corrected chi connectivity index (χ1v) is 7.09.